The minimum absolute atomic E-state index is 0.251. The molecule has 36 heavy (non-hydrogen) atoms. The molecule has 0 unspecified atom stereocenters. The Morgan fingerprint density at radius 1 is 1.25 bits per heavy atom. The zero-order valence-electron chi connectivity index (χ0n) is 19.5. The molecule has 11 nitrogen and oxygen atoms in total. The van der Waals surface area contributed by atoms with Crippen molar-refractivity contribution in [2.75, 3.05) is 5.73 Å². The number of rotatable bonds is 4. The highest BCUT2D eigenvalue weighted by molar-refractivity contribution is 5.82. The molecule has 1 fully saturated rings. The van der Waals surface area contributed by atoms with Crippen LogP contribution in [0.5, 0.6) is 0 Å². The molecule has 3 heterocycles. The van der Waals surface area contributed by atoms with E-state index in [0.29, 0.717) is 23.4 Å². The lowest BCUT2D eigenvalue weighted by Gasteiger charge is -2.18. The third-order valence-electron chi connectivity index (χ3n) is 5.60. The summed E-state index contributed by atoms with van der Waals surface area (Å²) in [5.74, 6) is 3.85. The van der Waals surface area contributed by atoms with Crippen molar-refractivity contribution in [3.05, 3.63) is 30.1 Å². The van der Waals surface area contributed by atoms with Crippen LogP contribution in [0.4, 0.5) is 19.0 Å². The van der Waals surface area contributed by atoms with Gasteiger partial charge in [0.25, 0.3) is 0 Å². The molecule has 5 N–H and O–H groups in total. The van der Waals surface area contributed by atoms with Gasteiger partial charge in [0, 0.05) is 12.6 Å². The minimum atomic E-state index is -5.08. The first kappa shape index (κ1) is 26.9. The molecule has 1 aliphatic rings. The van der Waals surface area contributed by atoms with E-state index < -0.39 is 30.4 Å². The molecule has 0 radical (unpaired) electrons. The van der Waals surface area contributed by atoms with Gasteiger partial charge in [-0.05, 0) is 31.2 Å². The molecule has 0 aliphatic heterocycles. The largest absolute Gasteiger partial charge is 0.490 e. The van der Waals surface area contributed by atoms with Gasteiger partial charge in [0.1, 0.15) is 17.7 Å². The average Bonchev–Trinajstić information content (AvgIpc) is 3.50. The second-order valence-corrected chi connectivity index (χ2v) is 8.31. The molecule has 1 saturated carbocycles. The highest BCUT2D eigenvalue weighted by atomic mass is 19.4. The Hall–Kier alpha value is -3.70. The number of carboxylic acid groups (broad SMARTS) is 1. The second-order valence-electron chi connectivity index (χ2n) is 8.31. The number of anilines is 1. The van der Waals surface area contributed by atoms with Gasteiger partial charge in [0.05, 0.1) is 24.6 Å². The van der Waals surface area contributed by atoms with Crippen LogP contribution in [0.25, 0.3) is 11.2 Å². The van der Waals surface area contributed by atoms with Gasteiger partial charge in [0.2, 0.25) is 5.82 Å². The molecular formula is C22H26F3N7O4. The lowest BCUT2D eigenvalue weighted by molar-refractivity contribution is -0.192. The number of aromatic nitrogens is 6. The number of aliphatic hydroxyl groups excluding tert-OH is 2. The van der Waals surface area contributed by atoms with Crippen molar-refractivity contribution >= 4 is 23.0 Å². The maximum atomic E-state index is 10.7. The molecule has 0 amide bonds. The Kier molecular flexibility index (Phi) is 8.16. The van der Waals surface area contributed by atoms with E-state index in [-0.39, 0.29) is 11.9 Å². The zero-order chi connectivity index (χ0) is 26.6. The van der Waals surface area contributed by atoms with Crippen molar-refractivity contribution in [1.82, 2.24) is 29.3 Å². The quantitative estimate of drug-likeness (QED) is 0.304. The number of hydrogen-bond acceptors (Lipinski definition) is 8. The summed E-state index contributed by atoms with van der Waals surface area (Å²) in [6.45, 7) is 4.05. The monoisotopic (exact) mass is 509 g/mol. The molecule has 4 atom stereocenters. The molecule has 3 aromatic rings. The third-order valence-corrected chi connectivity index (χ3v) is 5.60. The molecule has 194 valence electrons. The number of imidazole rings is 1. The van der Waals surface area contributed by atoms with Crippen LogP contribution < -0.4 is 5.73 Å². The van der Waals surface area contributed by atoms with Gasteiger partial charge in [-0.1, -0.05) is 19.3 Å². The van der Waals surface area contributed by atoms with E-state index in [1.807, 2.05) is 13.1 Å². The van der Waals surface area contributed by atoms with Gasteiger partial charge >= 0.3 is 12.1 Å². The van der Waals surface area contributed by atoms with Gasteiger partial charge in [0.15, 0.2) is 11.5 Å². The van der Waals surface area contributed by atoms with Gasteiger partial charge in [-0.3, -0.25) is 4.68 Å². The fraction of sp³-hybridized carbons (Fsp3) is 0.500. The Bertz CT molecular complexity index is 1280. The summed E-state index contributed by atoms with van der Waals surface area (Å²) in [6.07, 6.45) is 1.50. The van der Waals surface area contributed by atoms with E-state index in [2.05, 4.69) is 38.8 Å². The van der Waals surface area contributed by atoms with Crippen LogP contribution in [0.15, 0.2) is 18.7 Å². The maximum absolute atomic E-state index is 10.7. The molecule has 0 aromatic carbocycles. The summed E-state index contributed by atoms with van der Waals surface area (Å²) in [6, 6.07) is -0.756. The van der Waals surface area contributed by atoms with E-state index >= 15 is 0 Å². The first-order valence-electron chi connectivity index (χ1n) is 11.1. The zero-order valence-corrected chi connectivity index (χ0v) is 19.5. The summed E-state index contributed by atoms with van der Waals surface area (Å²) in [5, 5.41) is 32.8. The molecular weight excluding hydrogens is 483 g/mol. The van der Waals surface area contributed by atoms with E-state index in [1.165, 1.54) is 0 Å². The average molecular weight is 509 g/mol. The van der Waals surface area contributed by atoms with Crippen LogP contribution in [-0.4, -0.2) is 69.0 Å². The number of alkyl halides is 3. The lowest BCUT2D eigenvalue weighted by Crippen LogP contribution is -2.30. The Morgan fingerprint density at radius 2 is 1.92 bits per heavy atom. The molecule has 3 aromatic heterocycles. The molecule has 14 heteroatoms. The highest BCUT2D eigenvalue weighted by Crippen LogP contribution is 2.39. The summed E-state index contributed by atoms with van der Waals surface area (Å²) in [7, 11) is 0. The van der Waals surface area contributed by atoms with Crippen LogP contribution in [0.3, 0.4) is 0 Å². The van der Waals surface area contributed by atoms with Gasteiger partial charge in [-0.2, -0.15) is 18.3 Å². The number of fused-ring (bicyclic) bond motifs is 1. The van der Waals surface area contributed by atoms with Crippen molar-refractivity contribution in [3.63, 3.8) is 0 Å². The van der Waals surface area contributed by atoms with E-state index in [9.17, 15) is 23.4 Å². The van der Waals surface area contributed by atoms with Crippen LogP contribution in [0, 0.1) is 18.8 Å². The predicted octanol–water partition coefficient (Wildman–Crippen LogP) is 2.00. The van der Waals surface area contributed by atoms with Crippen molar-refractivity contribution in [3.8, 4) is 11.8 Å². The smallest absolute Gasteiger partial charge is 0.475 e. The predicted molar refractivity (Wildman–Crippen MR) is 121 cm³/mol. The topological polar surface area (TPSA) is 165 Å². The minimum Gasteiger partial charge on any atom is -0.475 e. The van der Waals surface area contributed by atoms with Gasteiger partial charge < -0.3 is 25.6 Å². The maximum Gasteiger partial charge on any atom is 0.490 e. The first-order chi connectivity index (χ1) is 16.9. The number of carbonyl (C=O) groups is 1. The van der Waals surface area contributed by atoms with Crippen LogP contribution in [-0.2, 0) is 4.79 Å². The van der Waals surface area contributed by atoms with Gasteiger partial charge in [-0.25, -0.2) is 19.7 Å². The van der Waals surface area contributed by atoms with Gasteiger partial charge in [-0.15, -0.1) is 0 Å². The number of nitrogens with two attached hydrogens (primary N) is 1. The SMILES string of the molecule is CCCCC#Cc1nc(N)c2ncn([C@@H]3C[C@H](n4cc(C)cn4)[C@@H](O)[C@H]3O)c2n1.O=C(O)C(F)(F)F. The number of aryl methyl sites for hydroxylation is 1. The first-order valence-corrected chi connectivity index (χ1v) is 11.1. The molecule has 4 rings (SSSR count). The number of halogens is 3. The second kappa shape index (κ2) is 10.9. The number of aliphatic hydroxyl groups is 2. The van der Waals surface area contributed by atoms with Crippen LogP contribution in [0.1, 0.15) is 56.1 Å². The van der Waals surface area contributed by atoms with Crippen LogP contribution >= 0.6 is 0 Å². The summed E-state index contributed by atoms with van der Waals surface area (Å²) in [5.41, 5.74) is 8.02. The van der Waals surface area contributed by atoms with E-state index in [1.54, 1.807) is 21.8 Å². The standard InChI is InChI=1S/C20H25N7O2.C2HF3O2/c1-3-4-5-6-7-15-24-19(21)16-20(25-15)26(11-22-16)13-8-14(18(29)17(13)28)27-10-12(2)9-23-27;3-2(4,5)1(6)7/h9-11,13-14,17-18,28-29H,3-5,8H2,1-2H3,(H2,21,24,25);(H,6,7)/t13-,14+,17+,18-;/m1./s1. The normalized spacial score (nSPS) is 21.5. The number of unbranched alkanes of at least 4 members (excludes halogenated alkanes) is 2. The lowest BCUT2D eigenvalue weighted by atomic mass is 10.2. The Balaban J connectivity index is 0.000000454. The number of carboxylic acids is 1. The van der Waals surface area contributed by atoms with E-state index in [0.717, 1.165) is 24.8 Å². The van der Waals surface area contributed by atoms with Crippen molar-refractivity contribution in [2.24, 2.45) is 0 Å². The molecule has 0 bridgehead atoms. The Labute approximate surface area is 203 Å². The summed E-state index contributed by atoms with van der Waals surface area (Å²) >= 11 is 0. The van der Waals surface area contributed by atoms with E-state index in [4.69, 9.17) is 15.6 Å². The van der Waals surface area contributed by atoms with Crippen molar-refractivity contribution in [2.45, 2.75) is 70.0 Å². The molecule has 1 aliphatic carbocycles. The highest BCUT2D eigenvalue weighted by Gasteiger charge is 2.44. The molecule has 0 spiro atoms. The number of hydrogen-bond donors (Lipinski definition) is 4. The number of nitrogens with zero attached hydrogens (tertiary/aromatic N) is 6. The summed E-state index contributed by atoms with van der Waals surface area (Å²) in [4.78, 5) is 22.0. The fourth-order valence-electron chi connectivity index (χ4n) is 3.78. The number of aliphatic carboxylic acids is 1. The summed E-state index contributed by atoms with van der Waals surface area (Å²) < 4.78 is 35.2. The van der Waals surface area contributed by atoms with Crippen molar-refractivity contribution < 1.29 is 33.3 Å². The number of nitrogen functional groups attached to an aromatic ring is 1. The fourth-order valence-corrected chi connectivity index (χ4v) is 3.78. The molecule has 0 saturated heterocycles. The third kappa shape index (κ3) is 5.92. The van der Waals surface area contributed by atoms with Crippen LogP contribution in [0.2, 0.25) is 0 Å². The van der Waals surface area contributed by atoms with Crippen molar-refractivity contribution in [1.29, 1.82) is 0 Å². The Morgan fingerprint density at radius 3 is 2.50 bits per heavy atom.